The summed E-state index contributed by atoms with van der Waals surface area (Å²) in [5.41, 5.74) is -0.00157. The van der Waals surface area contributed by atoms with Crippen molar-refractivity contribution >= 4 is 32.7 Å². The molecule has 180 valence electrons. The van der Waals surface area contributed by atoms with Crippen LogP contribution >= 0.6 is 0 Å². The molecule has 3 N–H and O–H groups in total. The van der Waals surface area contributed by atoms with Crippen LogP contribution in [-0.2, 0) is 14.8 Å². The fraction of sp³-hybridized carbons (Fsp3) is 0.522. The first-order valence-corrected chi connectivity index (χ1v) is 12.9. The second kappa shape index (κ2) is 10.9. The molecule has 0 aliphatic heterocycles. The number of carbonyl (C=O) groups excluding carboxylic acids is 2. The molecule has 1 aromatic carbocycles. The van der Waals surface area contributed by atoms with Crippen molar-refractivity contribution in [2.24, 2.45) is 5.92 Å². The summed E-state index contributed by atoms with van der Waals surface area (Å²) in [4.78, 5) is 39.8. The van der Waals surface area contributed by atoms with Gasteiger partial charge in [0.1, 0.15) is 0 Å². The maximum atomic E-state index is 12.9. The highest BCUT2D eigenvalue weighted by Crippen LogP contribution is 2.24. The van der Waals surface area contributed by atoms with Crippen LogP contribution in [0.4, 0.5) is 0 Å². The number of sulfonamides is 1. The largest absolute Gasteiger partial charge is 0.354 e. The van der Waals surface area contributed by atoms with Crippen molar-refractivity contribution in [3.05, 3.63) is 40.2 Å². The average molecular weight is 477 g/mol. The third-order valence-corrected chi connectivity index (χ3v) is 8.13. The van der Waals surface area contributed by atoms with Gasteiger partial charge in [-0.05, 0) is 31.0 Å². The molecule has 1 aliphatic rings. The van der Waals surface area contributed by atoms with Crippen LogP contribution in [0.3, 0.4) is 0 Å². The van der Waals surface area contributed by atoms with Gasteiger partial charge < -0.3 is 15.6 Å². The first kappa shape index (κ1) is 24.9. The average Bonchev–Trinajstić information content (AvgIpc) is 2.81. The standard InChI is InChI=1S/C23H32N4O5S/c1-3-27(4-2)33(31,32)17-10-11-20-18(14-17)19(15-21(28)26-20)23(30)25-13-12-24-22(29)16-8-6-5-7-9-16/h10-11,14-16H,3-9,12-13H2,1-2H3,(H,24,29)(H,25,30)(H,26,28). The molecule has 0 bridgehead atoms. The number of fused-ring (bicyclic) bond motifs is 1. The quantitative estimate of drug-likeness (QED) is 0.477. The summed E-state index contributed by atoms with van der Waals surface area (Å²) in [5.74, 6) is -0.454. The normalized spacial score (nSPS) is 15.0. The number of nitrogens with zero attached hydrogens (tertiary/aromatic N) is 1. The first-order chi connectivity index (χ1) is 15.8. The van der Waals surface area contributed by atoms with E-state index in [1.54, 1.807) is 13.8 Å². The minimum atomic E-state index is -3.72. The number of aromatic amines is 1. The van der Waals surface area contributed by atoms with Crippen LogP contribution in [-0.4, -0.2) is 55.7 Å². The molecule has 1 heterocycles. The van der Waals surface area contributed by atoms with Crippen molar-refractivity contribution in [3.8, 4) is 0 Å². The smallest absolute Gasteiger partial charge is 0.252 e. The molecule has 0 spiro atoms. The molecule has 1 aliphatic carbocycles. The molecule has 3 rings (SSSR count). The van der Waals surface area contributed by atoms with Gasteiger partial charge in [-0.25, -0.2) is 8.42 Å². The predicted octanol–water partition coefficient (Wildman–Crippen LogP) is 1.98. The van der Waals surface area contributed by atoms with Crippen molar-refractivity contribution in [1.29, 1.82) is 0 Å². The molecular weight excluding hydrogens is 444 g/mol. The lowest BCUT2D eigenvalue weighted by Gasteiger charge is -2.20. The lowest BCUT2D eigenvalue weighted by molar-refractivity contribution is -0.125. The van der Waals surface area contributed by atoms with E-state index in [9.17, 15) is 22.8 Å². The van der Waals surface area contributed by atoms with Gasteiger partial charge in [-0.2, -0.15) is 4.31 Å². The summed E-state index contributed by atoms with van der Waals surface area (Å²) in [7, 11) is -3.72. The Balaban J connectivity index is 1.75. The highest BCUT2D eigenvalue weighted by molar-refractivity contribution is 7.89. The summed E-state index contributed by atoms with van der Waals surface area (Å²) in [6.07, 6.45) is 5.10. The summed E-state index contributed by atoms with van der Waals surface area (Å²) < 4.78 is 27.1. The number of H-pyrrole nitrogens is 1. The Morgan fingerprint density at radius 2 is 1.70 bits per heavy atom. The van der Waals surface area contributed by atoms with Crippen molar-refractivity contribution in [2.45, 2.75) is 50.8 Å². The van der Waals surface area contributed by atoms with Gasteiger partial charge in [-0.15, -0.1) is 0 Å². The van der Waals surface area contributed by atoms with Crippen LogP contribution in [0.15, 0.2) is 34.0 Å². The highest BCUT2D eigenvalue weighted by Gasteiger charge is 2.23. The fourth-order valence-corrected chi connectivity index (χ4v) is 5.74. The molecular formula is C23H32N4O5S. The SMILES string of the molecule is CCN(CC)S(=O)(=O)c1ccc2[nH]c(=O)cc(C(=O)NCCNC(=O)C3CCCCC3)c2c1. The van der Waals surface area contributed by atoms with E-state index in [0.29, 0.717) is 24.0 Å². The lowest BCUT2D eigenvalue weighted by atomic mass is 9.89. The molecule has 2 aromatic rings. The summed E-state index contributed by atoms with van der Waals surface area (Å²) >= 11 is 0. The zero-order chi connectivity index (χ0) is 24.0. The van der Waals surface area contributed by atoms with E-state index < -0.39 is 21.5 Å². The fourth-order valence-electron chi connectivity index (χ4n) is 4.26. The Morgan fingerprint density at radius 3 is 2.36 bits per heavy atom. The van der Waals surface area contributed by atoms with E-state index in [4.69, 9.17) is 0 Å². The molecule has 1 saturated carbocycles. The number of aromatic nitrogens is 1. The number of hydrogen-bond acceptors (Lipinski definition) is 5. The third-order valence-electron chi connectivity index (χ3n) is 6.09. The Labute approximate surface area is 194 Å². The highest BCUT2D eigenvalue weighted by atomic mass is 32.2. The Morgan fingerprint density at radius 1 is 1.03 bits per heavy atom. The van der Waals surface area contributed by atoms with Crippen molar-refractivity contribution in [1.82, 2.24) is 19.9 Å². The van der Waals surface area contributed by atoms with Gasteiger partial charge in [0.2, 0.25) is 21.5 Å². The molecule has 0 atom stereocenters. The van der Waals surface area contributed by atoms with Crippen molar-refractivity contribution < 1.29 is 18.0 Å². The molecule has 9 nitrogen and oxygen atoms in total. The number of hydrogen-bond donors (Lipinski definition) is 3. The van der Waals surface area contributed by atoms with Crippen LogP contribution in [0.2, 0.25) is 0 Å². The van der Waals surface area contributed by atoms with E-state index in [1.165, 1.54) is 28.9 Å². The van der Waals surface area contributed by atoms with Gasteiger partial charge in [0.25, 0.3) is 5.91 Å². The molecule has 0 radical (unpaired) electrons. The van der Waals surface area contributed by atoms with E-state index in [1.807, 2.05) is 0 Å². The number of benzene rings is 1. The van der Waals surface area contributed by atoms with E-state index in [2.05, 4.69) is 15.6 Å². The van der Waals surface area contributed by atoms with E-state index in [-0.39, 0.29) is 35.4 Å². The van der Waals surface area contributed by atoms with Gasteiger partial charge in [0, 0.05) is 49.1 Å². The molecule has 10 heteroatoms. The summed E-state index contributed by atoms with van der Waals surface area (Å²) in [5, 5.41) is 5.91. The molecule has 0 unspecified atom stereocenters. The van der Waals surface area contributed by atoms with Crippen LogP contribution in [0, 0.1) is 5.92 Å². The lowest BCUT2D eigenvalue weighted by Crippen LogP contribution is -2.38. The van der Waals surface area contributed by atoms with Crippen LogP contribution in [0.5, 0.6) is 0 Å². The Kier molecular flexibility index (Phi) is 8.25. The third kappa shape index (κ3) is 5.80. The van der Waals surface area contributed by atoms with E-state index >= 15 is 0 Å². The van der Waals surface area contributed by atoms with Gasteiger partial charge in [0.05, 0.1) is 10.5 Å². The van der Waals surface area contributed by atoms with Gasteiger partial charge >= 0.3 is 0 Å². The molecule has 2 amide bonds. The van der Waals surface area contributed by atoms with Crippen LogP contribution < -0.4 is 16.2 Å². The van der Waals surface area contributed by atoms with Gasteiger partial charge in [-0.1, -0.05) is 33.1 Å². The summed E-state index contributed by atoms with van der Waals surface area (Å²) in [6.45, 7) is 4.63. The topological polar surface area (TPSA) is 128 Å². The first-order valence-electron chi connectivity index (χ1n) is 11.5. The van der Waals surface area contributed by atoms with Gasteiger partial charge in [0.15, 0.2) is 0 Å². The Hall–Kier alpha value is -2.72. The number of pyridine rings is 1. The van der Waals surface area contributed by atoms with Gasteiger partial charge in [-0.3, -0.25) is 14.4 Å². The molecule has 0 saturated heterocycles. The van der Waals surface area contributed by atoms with Crippen molar-refractivity contribution in [3.63, 3.8) is 0 Å². The summed E-state index contributed by atoms with van der Waals surface area (Å²) in [6, 6.07) is 5.49. The predicted molar refractivity (Wildman–Crippen MR) is 127 cm³/mol. The molecule has 33 heavy (non-hydrogen) atoms. The zero-order valence-corrected chi connectivity index (χ0v) is 20.0. The minimum Gasteiger partial charge on any atom is -0.354 e. The number of rotatable bonds is 9. The van der Waals surface area contributed by atoms with E-state index in [0.717, 1.165) is 31.7 Å². The second-order valence-electron chi connectivity index (χ2n) is 8.23. The monoisotopic (exact) mass is 476 g/mol. The van der Waals surface area contributed by atoms with Crippen LogP contribution in [0.25, 0.3) is 10.9 Å². The molecule has 1 aromatic heterocycles. The maximum Gasteiger partial charge on any atom is 0.252 e. The maximum absolute atomic E-state index is 12.9. The molecule has 1 fully saturated rings. The second-order valence-corrected chi connectivity index (χ2v) is 10.2. The minimum absolute atomic E-state index is 0.0109. The number of nitrogens with one attached hydrogen (secondary N) is 3. The Bertz CT molecular complexity index is 1170. The number of amides is 2. The zero-order valence-electron chi connectivity index (χ0n) is 19.1. The number of carbonyl (C=O) groups is 2. The van der Waals surface area contributed by atoms with Crippen molar-refractivity contribution in [2.75, 3.05) is 26.2 Å². The van der Waals surface area contributed by atoms with Crippen LogP contribution in [0.1, 0.15) is 56.3 Å².